The first-order valence-corrected chi connectivity index (χ1v) is 4.09. The van der Waals surface area contributed by atoms with Crippen molar-refractivity contribution in [3.05, 3.63) is 0 Å². The van der Waals surface area contributed by atoms with Crippen LogP contribution in [0.2, 0.25) is 0 Å². The molecule has 64 valence electrons. The molecule has 0 unspecified atom stereocenters. The Hall–Kier alpha value is -0.410. The van der Waals surface area contributed by atoms with Crippen LogP contribution in [0.5, 0.6) is 0 Å². The smallest absolute Gasteiger partial charge is 0.143 e. The molecule has 3 heteroatoms. The maximum absolute atomic E-state index is 10.6. The van der Waals surface area contributed by atoms with Gasteiger partial charge < -0.3 is 10.1 Å². The van der Waals surface area contributed by atoms with E-state index in [9.17, 15) is 4.79 Å². The first kappa shape index (κ1) is 8.68. The van der Waals surface area contributed by atoms with Crippen molar-refractivity contribution in [3.8, 4) is 0 Å². The standard InChI is InChI=1S/C8H15NO2/c1-7(10)6-9-8-2-4-11-5-3-8/h8-9H,2-6H2,1H3. The van der Waals surface area contributed by atoms with Crippen LogP contribution >= 0.6 is 0 Å². The van der Waals surface area contributed by atoms with E-state index in [-0.39, 0.29) is 5.78 Å². The normalized spacial score (nSPS) is 20.1. The molecular weight excluding hydrogens is 142 g/mol. The van der Waals surface area contributed by atoms with Crippen LogP contribution < -0.4 is 5.32 Å². The number of ether oxygens (including phenoxy) is 1. The molecule has 0 amide bonds. The Morgan fingerprint density at radius 3 is 2.73 bits per heavy atom. The molecular formula is C8H15NO2. The molecule has 1 N–H and O–H groups in total. The molecule has 0 saturated carbocycles. The van der Waals surface area contributed by atoms with E-state index in [4.69, 9.17) is 4.74 Å². The zero-order valence-corrected chi connectivity index (χ0v) is 6.93. The Labute approximate surface area is 67.1 Å². The minimum absolute atomic E-state index is 0.205. The number of rotatable bonds is 3. The first-order chi connectivity index (χ1) is 5.29. The molecule has 3 nitrogen and oxygen atoms in total. The van der Waals surface area contributed by atoms with E-state index in [1.165, 1.54) is 0 Å². The molecule has 1 aliphatic heterocycles. The summed E-state index contributed by atoms with van der Waals surface area (Å²) < 4.78 is 5.18. The number of hydrogen-bond acceptors (Lipinski definition) is 3. The number of carbonyl (C=O) groups excluding carboxylic acids is 1. The number of carbonyl (C=O) groups is 1. The highest BCUT2D eigenvalue weighted by atomic mass is 16.5. The first-order valence-electron chi connectivity index (χ1n) is 4.09. The summed E-state index contributed by atoms with van der Waals surface area (Å²) in [6.07, 6.45) is 2.07. The lowest BCUT2D eigenvalue weighted by Gasteiger charge is -2.22. The Morgan fingerprint density at radius 1 is 1.55 bits per heavy atom. The largest absolute Gasteiger partial charge is 0.381 e. The summed E-state index contributed by atoms with van der Waals surface area (Å²) in [5.41, 5.74) is 0. The Balaban J connectivity index is 2.09. The molecule has 0 aromatic heterocycles. The van der Waals surface area contributed by atoms with Gasteiger partial charge >= 0.3 is 0 Å². The van der Waals surface area contributed by atoms with Gasteiger partial charge in [0.05, 0.1) is 6.54 Å². The van der Waals surface area contributed by atoms with Gasteiger partial charge in [-0.2, -0.15) is 0 Å². The second-order valence-electron chi connectivity index (χ2n) is 2.97. The number of hydrogen-bond donors (Lipinski definition) is 1. The van der Waals surface area contributed by atoms with Crippen molar-refractivity contribution in [2.45, 2.75) is 25.8 Å². The van der Waals surface area contributed by atoms with Crippen molar-refractivity contribution in [1.29, 1.82) is 0 Å². The van der Waals surface area contributed by atoms with Gasteiger partial charge in [0, 0.05) is 19.3 Å². The average Bonchev–Trinajstić information content (AvgIpc) is 2.03. The van der Waals surface area contributed by atoms with Crippen LogP contribution in [0.4, 0.5) is 0 Å². The van der Waals surface area contributed by atoms with E-state index in [0.717, 1.165) is 26.1 Å². The van der Waals surface area contributed by atoms with Crippen molar-refractivity contribution in [1.82, 2.24) is 5.32 Å². The maximum atomic E-state index is 10.6. The van der Waals surface area contributed by atoms with Gasteiger partial charge in [-0.25, -0.2) is 0 Å². The molecule has 0 atom stereocenters. The van der Waals surface area contributed by atoms with Crippen molar-refractivity contribution < 1.29 is 9.53 Å². The number of nitrogens with one attached hydrogen (secondary N) is 1. The second-order valence-corrected chi connectivity index (χ2v) is 2.97. The summed E-state index contributed by atoms with van der Waals surface area (Å²) in [5, 5.41) is 3.19. The van der Waals surface area contributed by atoms with Crippen molar-refractivity contribution in [3.63, 3.8) is 0 Å². The SMILES string of the molecule is CC(=O)CNC1CCOCC1. The van der Waals surface area contributed by atoms with Crippen LogP contribution in [0.25, 0.3) is 0 Å². The topological polar surface area (TPSA) is 38.3 Å². The van der Waals surface area contributed by atoms with E-state index < -0.39 is 0 Å². The molecule has 0 radical (unpaired) electrons. The fourth-order valence-electron chi connectivity index (χ4n) is 1.19. The van der Waals surface area contributed by atoms with Gasteiger partial charge in [-0.3, -0.25) is 4.79 Å². The lowest BCUT2D eigenvalue weighted by molar-refractivity contribution is -0.116. The zero-order valence-electron chi connectivity index (χ0n) is 6.93. The van der Waals surface area contributed by atoms with Crippen molar-refractivity contribution >= 4 is 5.78 Å². The Bertz CT molecular complexity index is 130. The van der Waals surface area contributed by atoms with E-state index in [1.54, 1.807) is 6.92 Å². The summed E-state index contributed by atoms with van der Waals surface area (Å²) in [6.45, 7) is 3.77. The second kappa shape index (κ2) is 4.46. The van der Waals surface area contributed by atoms with Gasteiger partial charge in [0.1, 0.15) is 5.78 Å². The van der Waals surface area contributed by atoms with E-state index >= 15 is 0 Å². The van der Waals surface area contributed by atoms with Gasteiger partial charge in [0.2, 0.25) is 0 Å². The number of ketones is 1. The molecule has 0 spiro atoms. The van der Waals surface area contributed by atoms with Crippen LogP contribution in [-0.2, 0) is 9.53 Å². The highest BCUT2D eigenvalue weighted by molar-refractivity contribution is 5.77. The summed E-state index contributed by atoms with van der Waals surface area (Å²) in [4.78, 5) is 10.6. The Kier molecular flexibility index (Phi) is 3.52. The third-order valence-electron chi connectivity index (χ3n) is 1.86. The molecule has 1 fully saturated rings. The lowest BCUT2D eigenvalue weighted by Crippen LogP contribution is -2.37. The molecule has 1 rings (SSSR count). The Morgan fingerprint density at radius 2 is 2.18 bits per heavy atom. The molecule has 0 bridgehead atoms. The molecule has 0 aromatic rings. The number of Topliss-reactive ketones (excluding diaryl/α,β-unsaturated/α-hetero) is 1. The van der Waals surface area contributed by atoms with E-state index in [2.05, 4.69) is 5.32 Å². The van der Waals surface area contributed by atoms with E-state index in [1.807, 2.05) is 0 Å². The summed E-state index contributed by atoms with van der Waals surface area (Å²) in [6, 6.07) is 0.493. The highest BCUT2D eigenvalue weighted by Gasteiger charge is 2.12. The zero-order chi connectivity index (χ0) is 8.10. The summed E-state index contributed by atoms with van der Waals surface area (Å²) >= 11 is 0. The minimum atomic E-state index is 0.205. The van der Waals surface area contributed by atoms with Gasteiger partial charge in [0.15, 0.2) is 0 Å². The van der Waals surface area contributed by atoms with Crippen LogP contribution in [-0.4, -0.2) is 31.6 Å². The van der Waals surface area contributed by atoms with Crippen molar-refractivity contribution in [2.75, 3.05) is 19.8 Å². The molecule has 0 aromatic carbocycles. The minimum Gasteiger partial charge on any atom is -0.381 e. The quantitative estimate of drug-likeness (QED) is 0.642. The van der Waals surface area contributed by atoms with Crippen molar-refractivity contribution in [2.24, 2.45) is 0 Å². The van der Waals surface area contributed by atoms with Gasteiger partial charge in [-0.1, -0.05) is 0 Å². The summed E-state index contributed by atoms with van der Waals surface area (Å²) in [5.74, 6) is 0.205. The third-order valence-corrected chi connectivity index (χ3v) is 1.86. The van der Waals surface area contributed by atoms with Gasteiger partial charge in [-0.05, 0) is 19.8 Å². The molecule has 1 saturated heterocycles. The van der Waals surface area contributed by atoms with Gasteiger partial charge in [0.25, 0.3) is 0 Å². The fourth-order valence-corrected chi connectivity index (χ4v) is 1.19. The predicted molar refractivity (Wildman–Crippen MR) is 42.5 cm³/mol. The molecule has 0 aliphatic carbocycles. The van der Waals surface area contributed by atoms with Crippen LogP contribution in [0.1, 0.15) is 19.8 Å². The monoisotopic (exact) mass is 157 g/mol. The average molecular weight is 157 g/mol. The predicted octanol–water partition coefficient (Wildman–Crippen LogP) is 0.344. The summed E-state index contributed by atoms with van der Waals surface area (Å²) in [7, 11) is 0. The van der Waals surface area contributed by atoms with Crippen LogP contribution in [0, 0.1) is 0 Å². The van der Waals surface area contributed by atoms with Crippen LogP contribution in [0.3, 0.4) is 0 Å². The van der Waals surface area contributed by atoms with Crippen LogP contribution in [0.15, 0.2) is 0 Å². The highest BCUT2D eigenvalue weighted by Crippen LogP contribution is 2.05. The lowest BCUT2D eigenvalue weighted by atomic mass is 10.1. The molecule has 1 aliphatic rings. The molecule has 11 heavy (non-hydrogen) atoms. The van der Waals surface area contributed by atoms with Gasteiger partial charge in [-0.15, -0.1) is 0 Å². The maximum Gasteiger partial charge on any atom is 0.143 e. The van der Waals surface area contributed by atoms with E-state index in [0.29, 0.717) is 12.6 Å². The molecule has 1 heterocycles. The fraction of sp³-hybridized carbons (Fsp3) is 0.875. The third kappa shape index (κ3) is 3.49.